The fourth-order valence-corrected chi connectivity index (χ4v) is 8.59. The van der Waals surface area contributed by atoms with E-state index in [4.69, 9.17) is 19.4 Å². The maximum Gasteiger partial charge on any atom is 0.216 e. The third kappa shape index (κ3) is 6.03. The number of rotatable bonds is 6. The van der Waals surface area contributed by atoms with E-state index in [0.29, 0.717) is 17.5 Å². The molecule has 278 valence electrons. The van der Waals surface area contributed by atoms with Gasteiger partial charge in [-0.25, -0.2) is 19.5 Å². The fourth-order valence-electron chi connectivity index (χ4n) is 8.59. The molecule has 10 rings (SSSR count). The Bertz CT molecular complexity index is 3120. The van der Waals surface area contributed by atoms with Crippen molar-refractivity contribution in [2.24, 2.45) is 7.05 Å². The fraction of sp³-hybridized carbons (Fsp3) is 0.0943. The van der Waals surface area contributed by atoms with Gasteiger partial charge in [0, 0.05) is 44.5 Å². The quantitative estimate of drug-likeness (QED) is 0.159. The Balaban J connectivity index is 1.03. The van der Waals surface area contributed by atoms with E-state index in [9.17, 15) is 0 Å². The number of fused-ring (bicyclic) bond motifs is 5. The van der Waals surface area contributed by atoms with Crippen LogP contribution in [-0.4, -0.2) is 15.0 Å². The van der Waals surface area contributed by atoms with Crippen LogP contribution in [0.1, 0.15) is 22.3 Å². The second-order valence-electron chi connectivity index (χ2n) is 15.4. The van der Waals surface area contributed by atoms with Gasteiger partial charge in [-0.1, -0.05) is 140 Å². The molecule has 0 N–H and O–H groups in total. The number of furan rings is 1. The van der Waals surface area contributed by atoms with Gasteiger partial charge in [0.05, 0.1) is 5.56 Å². The summed E-state index contributed by atoms with van der Waals surface area (Å²) in [7, 11) is 2.14. The number of hydrogen-bond donors (Lipinski definition) is 0. The zero-order valence-electron chi connectivity index (χ0n) is 33.2. The number of pyridine rings is 1. The monoisotopic (exact) mass is 749 g/mol. The highest BCUT2D eigenvalue weighted by molar-refractivity contribution is 6.17. The van der Waals surface area contributed by atoms with Crippen LogP contribution in [0.5, 0.6) is 0 Å². The van der Waals surface area contributed by atoms with Crippen LogP contribution < -0.4 is 4.57 Å². The van der Waals surface area contributed by atoms with E-state index in [0.717, 1.165) is 60.8 Å². The molecule has 0 aliphatic carbocycles. The largest absolute Gasteiger partial charge is 0.454 e. The van der Waals surface area contributed by atoms with Crippen molar-refractivity contribution in [3.63, 3.8) is 0 Å². The predicted molar refractivity (Wildman–Crippen MR) is 237 cm³/mol. The molecule has 0 amide bonds. The van der Waals surface area contributed by atoms with Gasteiger partial charge in [-0.3, -0.25) is 0 Å². The number of aromatic nitrogens is 4. The molecule has 3 heterocycles. The molecule has 0 saturated carbocycles. The first-order valence-corrected chi connectivity index (χ1v) is 19.7. The molecule has 0 saturated heterocycles. The van der Waals surface area contributed by atoms with Gasteiger partial charge in [-0.15, -0.1) is 0 Å². The van der Waals surface area contributed by atoms with Crippen molar-refractivity contribution < 1.29 is 8.98 Å². The summed E-state index contributed by atoms with van der Waals surface area (Å²) in [5, 5.41) is 4.59. The highest BCUT2D eigenvalue weighted by Crippen LogP contribution is 2.42. The van der Waals surface area contributed by atoms with E-state index in [1.54, 1.807) is 0 Å². The first-order valence-electron chi connectivity index (χ1n) is 19.7. The second-order valence-corrected chi connectivity index (χ2v) is 15.4. The maximum absolute atomic E-state index is 6.84. The highest BCUT2D eigenvalue weighted by atomic mass is 16.3. The number of nitrogens with zero attached hydrogens (tertiary/aromatic N) is 4. The minimum absolute atomic E-state index is 0.646. The van der Waals surface area contributed by atoms with Gasteiger partial charge in [-0.05, 0) is 78.1 Å². The zero-order valence-corrected chi connectivity index (χ0v) is 33.2. The Hall–Kier alpha value is -7.24. The lowest BCUT2D eigenvalue weighted by molar-refractivity contribution is -0.660. The van der Waals surface area contributed by atoms with Gasteiger partial charge >= 0.3 is 0 Å². The molecule has 0 bridgehead atoms. The lowest BCUT2D eigenvalue weighted by Gasteiger charge is -2.16. The summed E-state index contributed by atoms with van der Waals surface area (Å²) in [5.74, 6) is 1.95. The van der Waals surface area contributed by atoms with Gasteiger partial charge in [0.1, 0.15) is 18.2 Å². The summed E-state index contributed by atoms with van der Waals surface area (Å²) in [6, 6.07) is 53.0. The SMILES string of the molecule is Cc1c[n+](C)c(-c2c(C)ccc3c2oc2c4ccccc4ccc32)cc1-c1c(C)cc(-c2ccc(-c3nc(-c4ccccc4)nc(-c4ccccc4)n3)cc2)cc1C. The topological polar surface area (TPSA) is 55.7 Å². The predicted octanol–water partition coefficient (Wildman–Crippen LogP) is 13.0. The van der Waals surface area contributed by atoms with Gasteiger partial charge in [-0.2, -0.15) is 0 Å². The Morgan fingerprint density at radius 3 is 1.59 bits per heavy atom. The first-order chi connectivity index (χ1) is 28.3. The van der Waals surface area contributed by atoms with E-state index in [1.807, 2.05) is 60.7 Å². The normalized spacial score (nSPS) is 11.5. The summed E-state index contributed by atoms with van der Waals surface area (Å²) in [5.41, 5.74) is 16.6. The molecule has 10 aromatic rings. The molecule has 5 heteroatoms. The van der Waals surface area contributed by atoms with Gasteiger partial charge in [0.2, 0.25) is 5.69 Å². The average Bonchev–Trinajstić information content (AvgIpc) is 3.64. The maximum atomic E-state index is 6.84. The summed E-state index contributed by atoms with van der Waals surface area (Å²) in [4.78, 5) is 14.7. The van der Waals surface area contributed by atoms with E-state index in [-0.39, 0.29) is 0 Å². The molecule has 58 heavy (non-hydrogen) atoms. The molecule has 0 fully saturated rings. The van der Waals surface area contributed by atoms with Crippen molar-refractivity contribution in [2.45, 2.75) is 27.7 Å². The molecule has 0 radical (unpaired) electrons. The van der Waals surface area contributed by atoms with Crippen molar-refractivity contribution in [1.29, 1.82) is 0 Å². The molecule has 0 spiro atoms. The number of aryl methyl sites for hydroxylation is 5. The highest BCUT2D eigenvalue weighted by Gasteiger charge is 2.24. The molecule has 0 aliphatic rings. The van der Waals surface area contributed by atoms with Crippen molar-refractivity contribution in [3.8, 4) is 67.7 Å². The van der Waals surface area contributed by atoms with E-state index < -0.39 is 0 Å². The lowest BCUT2D eigenvalue weighted by atomic mass is 9.88. The lowest BCUT2D eigenvalue weighted by Crippen LogP contribution is -2.31. The van der Waals surface area contributed by atoms with E-state index >= 15 is 0 Å². The summed E-state index contributed by atoms with van der Waals surface area (Å²) < 4.78 is 9.08. The van der Waals surface area contributed by atoms with Gasteiger partial charge < -0.3 is 4.42 Å². The smallest absolute Gasteiger partial charge is 0.216 e. The van der Waals surface area contributed by atoms with Crippen molar-refractivity contribution in [1.82, 2.24) is 15.0 Å². The molecular formula is C53H41N4O+. The van der Waals surface area contributed by atoms with Crippen LogP contribution in [0.25, 0.3) is 100 Å². The Kier molecular flexibility index (Phi) is 8.53. The van der Waals surface area contributed by atoms with Crippen molar-refractivity contribution in [3.05, 3.63) is 180 Å². The van der Waals surface area contributed by atoms with Crippen molar-refractivity contribution >= 4 is 32.7 Å². The van der Waals surface area contributed by atoms with Crippen LogP contribution in [0.4, 0.5) is 0 Å². The molecule has 7 aromatic carbocycles. The molecule has 0 aliphatic heterocycles. The number of hydrogen-bond acceptors (Lipinski definition) is 4. The Morgan fingerprint density at radius 1 is 0.414 bits per heavy atom. The minimum atomic E-state index is 0.646. The van der Waals surface area contributed by atoms with Gasteiger partial charge in [0.25, 0.3) is 0 Å². The van der Waals surface area contributed by atoms with Crippen LogP contribution in [-0.2, 0) is 7.05 Å². The molecule has 3 aromatic heterocycles. The summed E-state index contributed by atoms with van der Waals surface area (Å²) in [6.07, 6.45) is 2.25. The van der Waals surface area contributed by atoms with Crippen LogP contribution in [0.3, 0.4) is 0 Å². The zero-order chi connectivity index (χ0) is 39.5. The van der Waals surface area contributed by atoms with Crippen molar-refractivity contribution in [2.75, 3.05) is 0 Å². The third-order valence-electron chi connectivity index (χ3n) is 11.4. The summed E-state index contributed by atoms with van der Waals surface area (Å²) >= 11 is 0. The standard InChI is InChI=1S/C53H41N4O/c1-32-20-26-44-43-27-25-37-14-12-13-19-42(37)49(43)58-50(44)48(32)46-30-45(35(4)31-57(46)5)47-33(2)28-41(29-34(47)3)36-21-23-40(24-22-36)53-55-51(38-15-8-6-9-16-38)54-52(56-53)39-17-10-7-11-18-39/h6-31H,1-5H3/q+1. The molecule has 0 unspecified atom stereocenters. The molecular weight excluding hydrogens is 709 g/mol. The number of benzene rings is 7. The van der Waals surface area contributed by atoms with Crippen LogP contribution in [0, 0.1) is 27.7 Å². The Morgan fingerprint density at radius 2 is 0.948 bits per heavy atom. The van der Waals surface area contributed by atoms with Crippen LogP contribution >= 0.6 is 0 Å². The second kappa shape index (κ2) is 14.1. The van der Waals surface area contributed by atoms with E-state index in [1.165, 1.54) is 44.3 Å². The third-order valence-corrected chi connectivity index (χ3v) is 11.4. The molecule has 0 atom stereocenters. The van der Waals surface area contributed by atoms with Crippen LogP contribution in [0.2, 0.25) is 0 Å². The minimum Gasteiger partial charge on any atom is -0.454 e. The van der Waals surface area contributed by atoms with Gasteiger partial charge in [0.15, 0.2) is 23.7 Å². The Labute approximate surface area is 338 Å². The summed E-state index contributed by atoms with van der Waals surface area (Å²) in [6.45, 7) is 8.84. The average molecular weight is 750 g/mol. The molecule has 5 nitrogen and oxygen atoms in total. The van der Waals surface area contributed by atoms with Crippen LogP contribution in [0.15, 0.2) is 162 Å². The van der Waals surface area contributed by atoms with E-state index in [2.05, 4.69) is 137 Å². The first kappa shape index (κ1) is 35.2.